The molecule has 4 aliphatic heterocycles. The average Bonchev–Trinajstić information content (AvgIpc) is 3.92. The van der Waals surface area contributed by atoms with Crippen LogP contribution in [0.3, 0.4) is 0 Å². The number of aromatic carboxylic acids is 2. The van der Waals surface area contributed by atoms with Crippen LogP contribution in [0.2, 0.25) is 0 Å². The van der Waals surface area contributed by atoms with Gasteiger partial charge in [0.15, 0.2) is 23.1 Å². The van der Waals surface area contributed by atoms with Crippen molar-refractivity contribution in [3.8, 4) is 11.5 Å². The van der Waals surface area contributed by atoms with E-state index in [1.165, 1.54) is 25.6 Å². The van der Waals surface area contributed by atoms with Gasteiger partial charge in [0, 0.05) is 63.7 Å². The van der Waals surface area contributed by atoms with E-state index < -0.39 is 34.4 Å². The van der Waals surface area contributed by atoms with Gasteiger partial charge < -0.3 is 48.8 Å². The Hall–Kier alpha value is -5.22. The van der Waals surface area contributed by atoms with Crippen LogP contribution in [-0.4, -0.2) is 109 Å². The standard InChI is InChI=1S/C21H24FN3O4.C18H20FN3O4/c1-29-20-17-13(19(26)14(21(27)28)9-25(17)12-4-5-12)7-15(22)18(20)24-8-11-3-2-6-23-16(11)10-24;1-10-9-26-17-14-11(16(23)12(18(24)25)8-22(10)14)7-13(19)15(17)21-5-3-20(2)4-6-21/h7,9,11-12,16,23H,2-6,8,10H2,1H3,(H,27,28);7-8,10H,3-6,9H2,1-2H3,(H,24,25)/t11-,16+;/m0./s1. The first kappa shape index (κ1) is 36.7. The predicted molar refractivity (Wildman–Crippen MR) is 202 cm³/mol. The number of rotatable bonds is 6. The number of fused-ring (bicyclic) bond motifs is 2. The van der Waals surface area contributed by atoms with Gasteiger partial charge in [0.1, 0.15) is 29.1 Å². The number of hydrogen-bond donors (Lipinski definition) is 3. The predicted octanol–water partition coefficient (Wildman–Crippen LogP) is 3.91. The quantitative estimate of drug-likeness (QED) is 0.261. The molecule has 0 amide bonds. The summed E-state index contributed by atoms with van der Waals surface area (Å²) in [5.74, 6) is -2.61. The van der Waals surface area contributed by atoms with Crippen LogP contribution >= 0.6 is 0 Å². The highest BCUT2D eigenvalue weighted by Crippen LogP contribution is 2.45. The first-order chi connectivity index (χ1) is 26.4. The first-order valence-corrected chi connectivity index (χ1v) is 18.8. The molecule has 0 radical (unpaired) electrons. The number of halogens is 2. The van der Waals surface area contributed by atoms with E-state index in [-0.39, 0.29) is 40.6 Å². The topological polar surface area (TPSA) is 159 Å². The molecule has 1 aliphatic carbocycles. The number of piperidine rings is 1. The lowest BCUT2D eigenvalue weighted by Gasteiger charge is -2.37. The molecule has 2 aromatic heterocycles. The molecule has 0 spiro atoms. The van der Waals surface area contributed by atoms with Gasteiger partial charge in [-0.3, -0.25) is 9.59 Å². The number of pyridine rings is 2. The van der Waals surface area contributed by atoms with Gasteiger partial charge in [0.25, 0.3) is 0 Å². The molecule has 3 atom stereocenters. The fourth-order valence-electron chi connectivity index (χ4n) is 8.64. The number of hydrogen-bond acceptors (Lipinski definition) is 10. The third-order valence-electron chi connectivity index (χ3n) is 11.7. The Labute approximate surface area is 314 Å². The number of anilines is 2. The maximum atomic E-state index is 15.3. The minimum Gasteiger partial charge on any atom is -0.492 e. The summed E-state index contributed by atoms with van der Waals surface area (Å²) in [6.45, 7) is 7.47. The van der Waals surface area contributed by atoms with Crippen LogP contribution in [-0.2, 0) is 0 Å². The second kappa shape index (κ2) is 14.1. The molecule has 4 aromatic rings. The molecular formula is C39H44F2N6O8. The molecule has 5 aliphatic rings. The van der Waals surface area contributed by atoms with E-state index in [0.29, 0.717) is 65.5 Å². The largest absolute Gasteiger partial charge is 0.492 e. The van der Waals surface area contributed by atoms with E-state index in [0.717, 1.165) is 57.9 Å². The Morgan fingerprint density at radius 1 is 0.855 bits per heavy atom. The summed E-state index contributed by atoms with van der Waals surface area (Å²) < 4.78 is 45.3. The fourth-order valence-corrected chi connectivity index (χ4v) is 8.64. The van der Waals surface area contributed by atoms with Crippen LogP contribution in [0.15, 0.2) is 34.1 Å². The summed E-state index contributed by atoms with van der Waals surface area (Å²) in [6.07, 6.45) is 6.75. The third-order valence-corrected chi connectivity index (χ3v) is 11.7. The molecule has 14 nitrogen and oxygen atoms in total. The molecule has 6 heterocycles. The van der Waals surface area contributed by atoms with Gasteiger partial charge in [0.2, 0.25) is 10.9 Å². The Balaban J connectivity index is 0.000000156. The number of benzene rings is 2. The summed E-state index contributed by atoms with van der Waals surface area (Å²) >= 11 is 0. The zero-order valence-corrected chi connectivity index (χ0v) is 30.9. The highest BCUT2D eigenvalue weighted by atomic mass is 19.1. The van der Waals surface area contributed by atoms with Crippen molar-refractivity contribution < 1.29 is 38.1 Å². The van der Waals surface area contributed by atoms with Gasteiger partial charge in [0.05, 0.1) is 35.0 Å². The lowest BCUT2D eigenvalue weighted by Crippen LogP contribution is -2.45. The van der Waals surface area contributed by atoms with E-state index in [4.69, 9.17) is 9.47 Å². The van der Waals surface area contributed by atoms with E-state index >= 15 is 4.39 Å². The van der Waals surface area contributed by atoms with E-state index in [2.05, 4.69) is 10.2 Å². The van der Waals surface area contributed by atoms with E-state index in [1.54, 1.807) is 9.13 Å². The van der Waals surface area contributed by atoms with Crippen molar-refractivity contribution >= 4 is 45.1 Å². The van der Waals surface area contributed by atoms with Crippen LogP contribution in [0.5, 0.6) is 11.5 Å². The minimum absolute atomic E-state index is 0.0434. The third kappa shape index (κ3) is 6.34. The molecule has 1 saturated carbocycles. The fraction of sp³-hybridized carbons (Fsp3) is 0.487. The highest BCUT2D eigenvalue weighted by molar-refractivity contribution is 5.98. The molecule has 55 heavy (non-hydrogen) atoms. The summed E-state index contributed by atoms with van der Waals surface area (Å²) in [5.41, 5.74) is -0.379. The lowest BCUT2D eigenvalue weighted by atomic mass is 9.94. The number of ether oxygens (including phenoxy) is 2. The van der Waals surface area contributed by atoms with Gasteiger partial charge in [-0.25, -0.2) is 18.4 Å². The zero-order chi connectivity index (χ0) is 38.9. The first-order valence-electron chi connectivity index (χ1n) is 18.8. The average molecular weight is 763 g/mol. The van der Waals surface area contributed by atoms with E-state index in [9.17, 15) is 33.8 Å². The zero-order valence-electron chi connectivity index (χ0n) is 30.9. The number of nitrogens with zero attached hydrogens (tertiary/aromatic N) is 5. The Kier molecular flexibility index (Phi) is 9.44. The maximum absolute atomic E-state index is 15.3. The van der Waals surface area contributed by atoms with Crippen molar-refractivity contribution in [1.82, 2.24) is 19.4 Å². The van der Waals surface area contributed by atoms with Crippen LogP contribution in [0.1, 0.15) is 65.4 Å². The van der Waals surface area contributed by atoms with Crippen molar-refractivity contribution in [3.05, 3.63) is 67.7 Å². The minimum atomic E-state index is -1.32. The Morgan fingerprint density at radius 2 is 1.47 bits per heavy atom. The van der Waals surface area contributed by atoms with Crippen molar-refractivity contribution in [1.29, 1.82) is 0 Å². The van der Waals surface area contributed by atoms with Gasteiger partial charge >= 0.3 is 11.9 Å². The molecule has 3 N–H and O–H groups in total. The molecule has 3 saturated heterocycles. The lowest BCUT2D eigenvalue weighted by molar-refractivity contribution is 0.0683. The number of methoxy groups -OCH3 is 1. The molecular weight excluding hydrogens is 718 g/mol. The number of aromatic nitrogens is 2. The molecule has 9 rings (SSSR count). The highest BCUT2D eigenvalue weighted by Gasteiger charge is 2.38. The van der Waals surface area contributed by atoms with Gasteiger partial charge in [-0.15, -0.1) is 0 Å². The Morgan fingerprint density at radius 3 is 2.07 bits per heavy atom. The number of piperazine rings is 1. The summed E-state index contributed by atoms with van der Waals surface area (Å²) in [4.78, 5) is 54.4. The molecule has 1 unspecified atom stereocenters. The van der Waals surface area contributed by atoms with Crippen LogP contribution < -0.4 is 35.4 Å². The number of nitrogens with one attached hydrogen (secondary N) is 1. The molecule has 292 valence electrons. The van der Waals surface area contributed by atoms with Crippen molar-refractivity contribution in [2.75, 3.05) is 76.4 Å². The van der Waals surface area contributed by atoms with Gasteiger partial charge in [-0.05, 0) is 64.3 Å². The number of carboxylic acid groups (broad SMARTS) is 2. The molecule has 4 fully saturated rings. The normalized spacial score (nSPS) is 22.2. The van der Waals surface area contributed by atoms with Gasteiger partial charge in [-0.1, -0.05) is 0 Å². The van der Waals surface area contributed by atoms with Crippen molar-refractivity contribution in [2.45, 2.75) is 50.7 Å². The molecule has 2 aromatic carbocycles. The number of likely N-dealkylation sites (N-methyl/N-ethyl adjacent to an activating group) is 1. The van der Waals surface area contributed by atoms with Gasteiger partial charge in [-0.2, -0.15) is 0 Å². The Bertz CT molecular complexity index is 2340. The van der Waals surface area contributed by atoms with Crippen LogP contribution in [0, 0.1) is 17.6 Å². The van der Waals surface area contributed by atoms with Crippen LogP contribution in [0.4, 0.5) is 20.2 Å². The van der Waals surface area contributed by atoms with Crippen molar-refractivity contribution in [3.63, 3.8) is 0 Å². The number of carboxylic acids is 2. The second-order valence-electron chi connectivity index (χ2n) is 15.3. The monoisotopic (exact) mass is 762 g/mol. The van der Waals surface area contributed by atoms with Crippen LogP contribution in [0.25, 0.3) is 21.8 Å². The molecule has 0 bridgehead atoms. The molecule has 16 heteroatoms. The smallest absolute Gasteiger partial charge is 0.341 e. The van der Waals surface area contributed by atoms with Crippen molar-refractivity contribution in [2.24, 2.45) is 5.92 Å². The SMILES string of the molecule is CC1COc2c(N3CCN(C)CC3)c(F)cc3c(=O)c(C(=O)O)cn1c23.COc1c(N2C[C@@H]3CCCN[C@@H]3C2)c(F)cc2c(=O)c(C(=O)O)cn(C3CC3)c12. The summed E-state index contributed by atoms with van der Waals surface area (Å²) in [7, 11) is 3.49. The summed E-state index contributed by atoms with van der Waals surface area (Å²) in [5, 5.41) is 22.4. The summed E-state index contributed by atoms with van der Waals surface area (Å²) in [6, 6.07) is 2.61. The number of carbonyl (C=O) groups is 2. The second-order valence-corrected chi connectivity index (χ2v) is 15.3. The van der Waals surface area contributed by atoms with E-state index in [1.807, 2.05) is 23.8 Å². The maximum Gasteiger partial charge on any atom is 0.341 e.